The highest BCUT2D eigenvalue weighted by molar-refractivity contribution is 6.07. The Labute approximate surface area is 144 Å². The molecule has 1 atom stereocenters. The van der Waals surface area contributed by atoms with Gasteiger partial charge in [0.1, 0.15) is 6.04 Å². The van der Waals surface area contributed by atoms with Crippen LogP contribution in [0.3, 0.4) is 0 Å². The summed E-state index contributed by atoms with van der Waals surface area (Å²) >= 11 is 0. The summed E-state index contributed by atoms with van der Waals surface area (Å²) < 4.78 is 0. The van der Waals surface area contributed by atoms with Crippen LogP contribution in [0.15, 0.2) is 18.2 Å². The maximum absolute atomic E-state index is 12.6. The second kappa shape index (κ2) is 6.83. The number of carbonyl (C=O) groups is 2. The first kappa shape index (κ1) is 16.8. The van der Waals surface area contributed by atoms with Crippen molar-refractivity contribution in [3.63, 3.8) is 0 Å². The zero-order valence-corrected chi connectivity index (χ0v) is 14.8. The molecule has 2 heterocycles. The van der Waals surface area contributed by atoms with Crippen LogP contribution in [0, 0.1) is 5.92 Å². The van der Waals surface area contributed by atoms with Crippen LogP contribution >= 0.6 is 0 Å². The van der Waals surface area contributed by atoms with Crippen molar-refractivity contribution in [2.45, 2.75) is 45.6 Å². The number of anilines is 2. The monoisotopic (exact) mass is 329 g/mol. The summed E-state index contributed by atoms with van der Waals surface area (Å²) in [6.07, 6.45) is 4.10. The summed E-state index contributed by atoms with van der Waals surface area (Å²) in [4.78, 5) is 28.9. The second-order valence-electron chi connectivity index (χ2n) is 7.24. The molecule has 130 valence electrons. The SMILES string of the molecule is CC(C)CCNC(=O)c1ccc2c(c1)N(C)C(=O)C1CCCCN21. The molecule has 1 N–H and O–H groups in total. The third-order valence-electron chi connectivity index (χ3n) is 5.03. The van der Waals surface area contributed by atoms with Crippen molar-refractivity contribution >= 4 is 23.2 Å². The molecule has 5 heteroatoms. The highest BCUT2D eigenvalue weighted by Crippen LogP contribution is 2.39. The van der Waals surface area contributed by atoms with Crippen molar-refractivity contribution in [3.8, 4) is 0 Å². The molecule has 0 spiro atoms. The maximum atomic E-state index is 12.6. The summed E-state index contributed by atoms with van der Waals surface area (Å²) in [5, 5.41) is 2.96. The minimum absolute atomic E-state index is 0.0398. The van der Waals surface area contributed by atoms with Crippen molar-refractivity contribution in [2.24, 2.45) is 5.92 Å². The number of rotatable bonds is 4. The molecule has 0 bridgehead atoms. The summed E-state index contributed by atoms with van der Waals surface area (Å²) in [6, 6.07) is 5.68. The minimum Gasteiger partial charge on any atom is -0.358 e. The molecule has 1 fully saturated rings. The van der Waals surface area contributed by atoms with E-state index in [-0.39, 0.29) is 17.9 Å². The second-order valence-corrected chi connectivity index (χ2v) is 7.24. The van der Waals surface area contributed by atoms with E-state index in [1.165, 1.54) is 0 Å². The van der Waals surface area contributed by atoms with Crippen molar-refractivity contribution in [3.05, 3.63) is 23.8 Å². The predicted molar refractivity (Wildman–Crippen MR) is 96.6 cm³/mol. The third-order valence-corrected chi connectivity index (χ3v) is 5.03. The largest absolute Gasteiger partial charge is 0.358 e. The molecule has 5 nitrogen and oxygen atoms in total. The summed E-state index contributed by atoms with van der Waals surface area (Å²) in [7, 11) is 1.81. The Hall–Kier alpha value is -2.04. The molecule has 0 radical (unpaired) electrons. The number of amides is 2. The summed E-state index contributed by atoms with van der Waals surface area (Å²) in [5.74, 6) is 0.633. The number of nitrogens with zero attached hydrogens (tertiary/aromatic N) is 2. The predicted octanol–water partition coefficient (Wildman–Crippen LogP) is 2.80. The van der Waals surface area contributed by atoms with Crippen molar-refractivity contribution in [2.75, 3.05) is 29.9 Å². The molecule has 0 saturated carbocycles. The fourth-order valence-electron chi connectivity index (χ4n) is 3.57. The Morgan fingerprint density at radius 2 is 2.08 bits per heavy atom. The van der Waals surface area contributed by atoms with E-state index >= 15 is 0 Å². The maximum Gasteiger partial charge on any atom is 0.251 e. The molecule has 1 aromatic rings. The van der Waals surface area contributed by atoms with Crippen LogP contribution in [0.4, 0.5) is 11.4 Å². The average Bonchev–Trinajstić information content (AvgIpc) is 2.58. The molecule has 3 rings (SSSR count). The molecular formula is C19H27N3O2. The van der Waals surface area contributed by atoms with Crippen LogP contribution in [-0.2, 0) is 4.79 Å². The van der Waals surface area contributed by atoms with Crippen LogP contribution in [0.25, 0.3) is 0 Å². The van der Waals surface area contributed by atoms with Crippen LogP contribution in [0.5, 0.6) is 0 Å². The van der Waals surface area contributed by atoms with Gasteiger partial charge >= 0.3 is 0 Å². The molecule has 1 saturated heterocycles. The van der Waals surface area contributed by atoms with Gasteiger partial charge in [-0.1, -0.05) is 13.8 Å². The van der Waals surface area contributed by atoms with E-state index in [0.717, 1.165) is 43.6 Å². The molecule has 0 aliphatic carbocycles. The number of likely N-dealkylation sites (N-methyl/N-ethyl adjacent to an activating group) is 1. The van der Waals surface area contributed by atoms with Crippen LogP contribution < -0.4 is 15.1 Å². The van der Waals surface area contributed by atoms with Crippen molar-refractivity contribution < 1.29 is 9.59 Å². The lowest BCUT2D eigenvalue weighted by Gasteiger charge is -2.44. The van der Waals surface area contributed by atoms with E-state index in [1.807, 2.05) is 25.2 Å². The average molecular weight is 329 g/mol. The Morgan fingerprint density at radius 3 is 2.83 bits per heavy atom. The number of benzene rings is 1. The first-order valence-electron chi connectivity index (χ1n) is 8.95. The number of hydrogen-bond donors (Lipinski definition) is 1. The fraction of sp³-hybridized carbons (Fsp3) is 0.579. The van der Waals surface area contributed by atoms with Gasteiger partial charge in [-0.05, 0) is 49.8 Å². The lowest BCUT2D eigenvalue weighted by molar-refractivity contribution is -0.120. The first-order chi connectivity index (χ1) is 11.5. The highest BCUT2D eigenvalue weighted by atomic mass is 16.2. The Bertz CT molecular complexity index is 641. The first-order valence-corrected chi connectivity index (χ1v) is 8.95. The number of piperidine rings is 1. The minimum atomic E-state index is -0.0694. The topological polar surface area (TPSA) is 52.7 Å². The quantitative estimate of drug-likeness (QED) is 0.924. The Kier molecular flexibility index (Phi) is 4.78. The Morgan fingerprint density at radius 1 is 1.29 bits per heavy atom. The van der Waals surface area contributed by atoms with Crippen molar-refractivity contribution in [1.29, 1.82) is 0 Å². The smallest absolute Gasteiger partial charge is 0.251 e. The van der Waals surface area contributed by atoms with Crippen LogP contribution in [0.2, 0.25) is 0 Å². The van der Waals surface area contributed by atoms with Gasteiger partial charge < -0.3 is 15.1 Å². The van der Waals surface area contributed by atoms with Gasteiger partial charge in [0.05, 0.1) is 11.4 Å². The fourth-order valence-corrected chi connectivity index (χ4v) is 3.57. The lowest BCUT2D eigenvalue weighted by atomic mass is 9.96. The van der Waals surface area contributed by atoms with Gasteiger partial charge in [-0.25, -0.2) is 0 Å². The number of hydrogen-bond acceptors (Lipinski definition) is 3. The summed E-state index contributed by atoms with van der Waals surface area (Å²) in [5.41, 5.74) is 2.53. The van der Waals surface area contributed by atoms with E-state index in [2.05, 4.69) is 24.1 Å². The van der Waals surface area contributed by atoms with Crippen molar-refractivity contribution in [1.82, 2.24) is 5.32 Å². The Balaban J connectivity index is 1.82. The number of fused-ring (bicyclic) bond motifs is 3. The molecule has 2 aliphatic rings. The van der Waals surface area contributed by atoms with Gasteiger partial charge in [0, 0.05) is 25.7 Å². The van der Waals surface area contributed by atoms with E-state index in [1.54, 1.807) is 4.90 Å². The molecular weight excluding hydrogens is 302 g/mol. The molecule has 0 aromatic heterocycles. The normalized spacial score (nSPS) is 20.0. The van der Waals surface area contributed by atoms with E-state index in [9.17, 15) is 9.59 Å². The van der Waals surface area contributed by atoms with Gasteiger partial charge in [0.25, 0.3) is 5.91 Å². The third kappa shape index (κ3) is 3.12. The number of carbonyl (C=O) groups excluding carboxylic acids is 2. The van der Waals surface area contributed by atoms with Gasteiger partial charge in [-0.3, -0.25) is 9.59 Å². The molecule has 24 heavy (non-hydrogen) atoms. The summed E-state index contributed by atoms with van der Waals surface area (Å²) in [6.45, 7) is 5.87. The van der Waals surface area contributed by atoms with Gasteiger partial charge in [0.15, 0.2) is 0 Å². The highest BCUT2D eigenvalue weighted by Gasteiger charge is 2.37. The number of nitrogens with one attached hydrogen (secondary N) is 1. The molecule has 1 unspecified atom stereocenters. The van der Waals surface area contributed by atoms with Crippen LogP contribution in [-0.4, -0.2) is 38.0 Å². The van der Waals surface area contributed by atoms with Gasteiger partial charge in [-0.2, -0.15) is 0 Å². The van der Waals surface area contributed by atoms with Gasteiger partial charge in [-0.15, -0.1) is 0 Å². The molecule has 1 aromatic carbocycles. The lowest BCUT2D eigenvalue weighted by Crippen LogP contribution is -2.54. The van der Waals surface area contributed by atoms with Gasteiger partial charge in [0.2, 0.25) is 5.91 Å². The standard InChI is InChI=1S/C19H27N3O2/c1-13(2)9-10-20-18(23)14-7-8-15-17(12-14)21(3)19(24)16-6-4-5-11-22(15)16/h7-8,12-13,16H,4-6,9-11H2,1-3H3,(H,20,23). The molecule has 2 aliphatic heterocycles. The van der Waals surface area contributed by atoms with E-state index in [0.29, 0.717) is 18.0 Å². The zero-order chi connectivity index (χ0) is 17.3. The molecule has 2 amide bonds. The van der Waals surface area contributed by atoms with E-state index < -0.39 is 0 Å². The van der Waals surface area contributed by atoms with Crippen LogP contribution in [0.1, 0.15) is 49.9 Å². The van der Waals surface area contributed by atoms with E-state index in [4.69, 9.17) is 0 Å². The zero-order valence-electron chi connectivity index (χ0n) is 14.8.